The summed E-state index contributed by atoms with van der Waals surface area (Å²) in [6.45, 7) is 3.10. The smallest absolute Gasteiger partial charge is 0.0551 e. The lowest BCUT2D eigenvalue weighted by atomic mass is 10.2. The molecule has 96 valence electrons. The SMILES string of the molecule is CN(C)CCCCNCc1ccc(Br)c(Cl)c1. The average molecular weight is 320 g/mol. The highest BCUT2D eigenvalue weighted by atomic mass is 79.9. The van der Waals surface area contributed by atoms with Crippen LogP contribution in [0.5, 0.6) is 0 Å². The molecule has 0 atom stereocenters. The van der Waals surface area contributed by atoms with Crippen molar-refractivity contribution in [3.63, 3.8) is 0 Å². The van der Waals surface area contributed by atoms with Gasteiger partial charge in [-0.1, -0.05) is 17.7 Å². The van der Waals surface area contributed by atoms with Crippen molar-refractivity contribution in [2.75, 3.05) is 27.2 Å². The molecule has 1 aromatic carbocycles. The number of hydrogen-bond acceptors (Lipinski definition) is 2. The van der Waals surface area contributed by atoms with E-state index in [2.05, 4.69) is 46.3 Å². The average Bonchev–Trinajstić information content (AvgIpc) is 2.27. The van der Waals surface area contributed by atoms with Gasteiger partial charge in [0.1, 0.15) is 0 Å². The molecule has 0 bridgehead atoms. The highest BCUT2D eigenvalue weighted by molar-refractivity contribution is 9.10. The molecule has 0 saturated heterocycles. The summed E-state index contributed by atoms with van der Waals surface area (Å²) in [5.74, 6) is 0. The second-order valence-corrected chi connectivity index (χ2v) is 5.70. The van der Waals surface area contributed by atoms with E-state index in [4.69, 9.17) is 11.6 Å². The van der Waals surface area contributed by atoms with E-state index in [9.17, 15) is 0 Å². The Kier molecular flexibility index (Phi) is 7.12. The highest BCUT2D eigenvalue weighted by Crippen LogP contribution is 2.22. The summed E-state index contributed by atoms with van der Waals surface area (Å²) in [5.41, 5.74) is 1.23. The minimum absolute atomic E-state index is 0.775. The summed E-state index contributed by atoms with van der Waals surface area (Å²) in [7, 11) is 4.22. The molecule has 0 saturated carbocycles. The van der Waals surface area contributed by atoms with Crippen molar-refractivity contribution in [2.24, 2.45) is 0 Å². The van der Waals surface area contributed by atoms with Gasteiger partial charge in [-0.2, -0.15) is 0 Å². The van der Waals surface area contributed by atoms with Crippen molar-refractivity contribution in [3.05, 3.63) is 33.3 Å². The Hall–Kier alpha value is -0.0900. The second kappa shape index (κ2) is 8.09. The maximum Gasteiger partial charge on any atom is 0.0551 e. The van der Waals surface area contributed by atoms with E-state index >= 15 is 0 Å². The molecule has 0 spiro atoms. The van der Waals surface area contributed by atoms with Gasteiger partial charge in [0.05, 0.1) is 5.02 Å². The van der Waals surface area contributed by atoms with Gasteiger partial charge in [0.2, 0.25) is 0 Å². The summed E-state index contributed by atoms with van der Waals surface area (Å²) in [5, 5.41) is 4.20. The number of rotatable bonds is 7. The lowest BCUT2D eigenvalue weighted by Crippen LogP contribution is -2.18. The molecule has 17 heavy (non-hydrogen) atoms. The van der Waals surface area contributed by atoms with Gasteiger partial charge in [-0.25, -0.2) is 0 Å². The predicted molar refractivity (Wildman–Crippen MR) is 78.6 cm³/mol. The highest BCUT2D eigenvalue weighted by Gasteiger charge is 1.98. The fraction of sp³-hybridized carbons (Fsp3) is 0.538. The molecule has 0 aliphatic heterocycles. The van der Waals surface area contributed by atoms with E-state index < -0.39 is 0 Å². The van der Waals surface area contributed by atoms with E-state index in [0.717, 1.165) is 29.1 Å². The van der Waals surface area contributed by atoms with Crippen LogP contribution in [0.4, 0.5) is 0 Å². The Bertz CT molecular complexity index is 342. The fourth-order valence-electron chi connectivity index (χ4n) is 1.56. The van der Waals surface area contributed by atoms with Gasteiger partial charge in [0.25, 0.3) is 0 Å². The first-order valence-corrected chi connectivity index (χ1v) is 7.06. The van der Waals surface area contributed by atoms with Crippen LogP contribution in [0.15, 0.2) is 22.7 Å². The van der Waals surface area contributed by atoms with Gasteiger partial charge in [-0.3, -0.25) is 0 Å². The number of nitrogens with one attached hydrogen (secondary N) is 1. The van der Waals surface area contributed by atoms with Crippen molar-refractivity contribution in [2.45, 2.75) is 19.4 Å². The van der Waals surface area contributed by atoms with Crippen molar-refractivity contribution in [3.8, 4) is 0 Å². The summed E-state index contributed by atoms with van der Waals surface area (Å²) in [4.78, 5) is 2.22. The van der Waals surface area contributed by atoms with Gasteiger partial charge >= 0.3 is 0 Å². The minimum atomic E-state index is 0.775. The first-order valence-electron chi connectivity index (χ1n) is 5.89. The van der Waals surface area contributed by atoms with E-state index in [1.165, 1.54) is 18.4 Å². The fourth-order valence-corrected chi connectivity index (χ4v) is 2.01. The van der Waals surface area contributed by atoms with Crippen LogP contribution in [0.3, 0.4) is 0 Å². The second-order valence-electron chi connectivity index (χ2n) is 4.44. The van der Waals surface area contributed by atoms with E-state index in [1.807, 2.05) is 12.1 Å². The molecule has 4 heteroatoms. The zero-order valence-electron chi connectivity index (χ0n) is 10.5. The third-order valence-electron chi connectivity index (χ3n) is 2.52. The van der Waals surface area contributed by atoms with Crippen LogP contribution >= 0.6 is 27.5 Å². The molecule has 1 N–H and O–H groups in total. The Morgan fingerprint density at radius 2 is 2.06 bits per heavy atom. The molecule has 1 rings (SSSR count). The van der Waals surface area contributed by atoms with Crippen LogP contribution in [0, 0.1) is 0 Å². The summed E-state index contributed by atoms with van der Waals surface area (Å²) < 4.78 is 0.953. The van der Waals surface area contributed by atoms with Crippen LogP contribution in [0.1, 0.15) is 18.4 Å². The van der Waals surface area contributed by atoms with Crippen molar-refractivity contribution >= 4 is 27.5 Å². The van der Waals surface area contributed by atoms with Gasteiger partial charge in [0, 0.05) is 11.0 Å². The summed E-state index contributed by atoms with van der Waals surface area (Å²) in [6.07, 6.45) is 2.45. The number of halogens is 2. The molecule has 1 aromatic rings. The molecule has 0 unspecified atom stereocenters. The standard InChI is InChI=1S/C13H20BrClN2/c1-17(2)8-4-3-7-16-10-11-5-6-12(14)13(15)9-11/h5-6,9,16H,3-4,7-8,10H2,1-2H3. The summed E-state index contributed by atoms with van der Waals surface area (Å²) >= 11 is 9.42. The Balaban J connectivity index is 2.16. The van der Waals surface area contributed by atoms with Gasteiger partial charge < -0.3 is 10.2 Å². The maximum absolute atomic E-state index is 6.03. The Labute approximate surface area is 117 Å². The summed E-state index contributed by atoms with van der Waals surface area (Å²) in [6, 6.07) is 6.08. The van der Waals surface area contributed by atoms with Crippen molar-refractivity contribution in [1.29, 1.82) is 0 Å². The number of hydrogen-bond donors (Lipinski definition) is 1. The molecule has 0 aliphatic rings. The molecule has 0 fully saturated rings. The predicted octanol–water partition coefficient (Wildman–Crippen LogP) is 3.53. The molecule has 2 nitrogen and oxygen atoms in total. The van der Waals surface area contributed by atoms with Crippen molar-refractivity contribution in [1.82, 2.24) is 10.2 Å². The minimum Gasteiger partial charge on any atom is -0.313 e. The Morgan fingerprint density at radius 3 is 2.71 bits per heavy atom. The van der Waals surface area contributed by atoms with Crippen LogP contribution < -0.4 is 5.32 Å². The Morgan fingerprint density at radius 1 is 1.29 bits per heavy atom. The lowest BCUT2D eigenvalue weighted by molar-refractivity contribution is 0.391. The van der Waals surface area contributed by atoms with E-state index in [-0.39, 0.29) is 0 Å². The van der Waals surface area contributed by atoms with Gasteiger partial charge in [-0.15, -0.1) is 0 Å². The largest absolute Gasteiger partial charge is 0.313 e. The molecule has 0 heterocycles. The maximum atomic E-state index is 6.03. The third kappa shape index (κ3) is 6.41. The van der Waals surface area contributed by atoms with Crippen molar-refractivity contribution < 1.29 is 0 Å². The monoisotopic (exact) mass is 318 g/mol. The molecule has 0 aliphatic carbocycles. The molecule has 0 radical (unpaired) electrons. The van der Waals surface area contributed by atoms with E-state index in [1.54, 1.807) is 0 Å². The first-order chi connectivity index (χ1) is 8.09. The van der Waals surface area contributed by atoms with Crippen LogP contribution in [-0.4, -0.2) is 32.1 Å². The van der Waals surface area contributed by atoms with Gasteiger partial charge in [-0.05, 0) is 73.7 Å². The molecule has 0 aromatic heterocycles. The normalized spacial score (nSPS) is 11.1. The van der Waals surface area contributed by atoms with Gasteiger partial charge in [0.15, 0.2) is 0 Å². The van der Waals surface area contributed by atoms with E-state index in [0.29, 0.717) is 0 Å². The van der Waals surface area contributed by atoms with Crippen LogP contribution in [0.25, 0.3) is 0 Å². The molecular weight excluding hydrogens is 300 g/mol. The number of unbranched alkanes of at least 4 members (excludes halogenated alkanes) is 1. The van der Waals surface area contributed by atoms with Crippen LogP contribution in [0.2, 0.25) is 5.02 Å². The lowest BCUT2D eigenvalue weighted by Gasteiger charge is -2.09. The molecule has 0 amide bonds. The molecular formula is C13H20BrClN2. The topological polar surface area (TPSA) is 15.3 Å². The number of benzene rings is 1. The zero-order valence-corrected chi connectivity index (χ0v) is 12.8. The number of nitrogens with zero attached hydrogens (tertiary/aromatic N) is 1. The zero-order chi connectivity index (χ0) is 12.7. The first kappa shape index (κ1) is 15.0. The third-order valence-corrected chi connectivity index (χ3v) is 3.75. The van der Waals surface area contributed by atoms with Crippen LogP contribution in [-0.2, 0) is 6.54 Å². The quantitative estimate of drug-likeness (QED) is 0.773.